The maximum atomic E-state index is 8.21. The smallest absolute Gasteiger partial charge is 0.0332 e. The van der Waals surface area contributed by atoms with Crippen molar-refractivity contribution in [1.82, 2.24) is 10.8 Å². The SMILES string of the molecule is CC(C)(C)CNCCNO. The van der Waals surface area contributed by atoms with E-state index in [1.165, 1.54) is 0 Å². The van der Waals surface area contributed by atoms with Crippen molar-refractivity contribution in [1.29, 1.82) is 0 Å². The standard InChI is InChI=1S/C7H18N2O/c1-7(2,3)6-8-4-5-9-10/h8-10H,4-6H2,1-3H3. The second-order valence-electron chi connectivity index (χ2n) is 3.65. The fraction of sp³-hybridized carbons (Fsp3) is 1.00. The molecule has 0 heterocycles. The summed E-state index contributed by atoms with van der Waals surface area (Å²) in [6, 6.07) is 0. The second kappa shape index (κ2) is 4.66. The third-order valence-corrected chi connectivity index (χ3v) is 1.07. The molecule has 0 saturated carbocycles. The summed E-state index contributed by atoms with van der Waals surface area (Å²) in [5, 5.41) is 11.4. The van der Waals surface area contributed by atoms with Crippen molar-refractivity contribution < 1.29 is 5.21 Å². The van der Waals surface area contributed by atoms with Gasteiger partial charge in [0.25, 0.3) is 0 Å². The quantitative estimate of drug-likeness (QED) is 0.402. The normalized spacial score (nSPS) is 12.0. The summed E-state index contributed by atoms with van der Waals surface area (Å²) in [5.74, 6) is 0. The monoisotopic (exact) mass is 146 g/mol. The van der Waals surface area contributed by atoms with E-state index in [0.717, 1.165) is 13.1 Å². The van der Waals surface area contributed by atoms with Gasteiger partial charge < -0.3 is 10.5 Å². The molecule has 0 aromatic rings. The molecular formula is C7H18N2O. The molecule has 0 rings (SSSR count). The molecule has 0 unspecified atom stereocenters. The van der Waals surface area contributed by atoms with Gasteiger partial charge in [-0.2, -0.15) is 0 Å². The minimum atomic E-state index is 0.329. The summed E-state index contributed by atoms with van der Waals surface area (Å²) >= 11 is 0. The minimum Gasteiger partial charge on any atom is -0.317 e. The molecule has 3 heteroatoms. The van der Waals surface area contributed by atoms with Gasteiger partial charge in [-0.25, -0.2) is 5.48 Å². The Labute approximate surface area is 62.8 Å². The van der Waals surface area contributed by atoms with Crippen molar-refractivity contribution in [2.24, 2.45) is 5.41 Å². The molecule has 0 aliphatic rings. The lowest BCUT2D eigenvalue weighted by Gasteiger charge is -2.18. The molecule has 0 aromatic carbocycles. The minimum absolute atomic E-state index is 0.329. The Morgan fingerprint density at radius 3 is 2.20 bits per heavy atom. The van der Waals surface area contributed by atoms with Crippen molar-refractivity contribution in [3.05, 3.63) is 0 Å². The van der Waals surface area contributed by atoms with Crippen LogP contribution < -0.4 is 10.8 Å². The van der Waals surface area contributed by atoms with Gasteiger partial charge in [-0.3, -0.25) is 0 Å². The van der Waals surface area contributed by atoms with Gasteiger partial charge in [-0.1, -0.05) is 20.8 Å². The summed E-state index contributed by atoms with van der Waals surface area (Å²) in [7, 11) is 0. The van der Waals surface area contributed by atoms with Crippen molar-refractivity contribution >= 4 is 0 Å². The summed E-state index contributed by atoms with van der Waals surface area (Å²) in [6.45, 7) is 8.92. The average molecular weight is 146 g/mol. The number of hydrogen-bond acceptors (Lipinski definition) is 3. The highest BCUT2D eigenvalue weighted by Crippen LogP contribution is 2.09. The van der Waals surface area contributed by atoms with Gasteiger partial charge in [0.15, 0.2) is 0 Å². The molecule has 0 bridgehead atoms. The van der Waals surface area contributed by atoms with Crippen LogP contribution in [0.25, 0.3) is 0 Å². The van der Waals surface area contributed by atoms with Crippen LogP contribution in [0.3, 0.4) is 0 Å². The van der Waals surface area contributed by atoms with E-state index in [9.17, 15) is 0 Å². The predicted molar refractivity (Wildman–Crippen MR) is 42.1 cm³/mol. The van der Waals surface area contributed by atoms with Gasteiger partial charge in [-0.15, -0.1) is 0 Å². The maximum Gasteiger partial charge on any atom is 0.0332 e. The fourth-order valence-corrected chi connectivity index (χ4v) is 0.608. The molecule has 0 amide bonds. The first kappa shape index (κ1) is 9.88. The van der Waals surface area contributed by atoms with E-state index in [0.29, 0.717) is 12.0 Å². The van der Waals surface area contributed by atoms with E-state index in [1.807, 2.05) is 0 Å². The average Bonchev–Trinajstić information content (AvgIpc) is 1.78. The molecule has 0 atom stereocenters. The molecule has 0 spiro atoms. The van der Waals surface area contributed by atoms with E-state index >= 15 is 0 Å². The van der Waals surface area contributed by atoms with Crippen molar-refractivity contribution in [2.75, 3.05) is 19.6 Å². The van der Waals surface area contributed by atoms with E-state index in [-0.39, 0.29) is 0 Å². The first-order chi connectivity index (χ1) is 4.56. The van der Waals surface area contributed by atoms with Crippen LogP contribution in [0.5, 0.6) is 0 Å². The largest absolute Gasteiger partial charge is 0.317 e. The van der Waals surface area contributed by atoms with E-state index in [4.69, 9.17) is 5.21 Å². The summed E-state index contributed by atoms with van der Waals surface area (Å²) in [5.41, 5.74) is 2.42. The Morgan fingerprint density at radius 1 is 1.20 bits per heavy atom. The molecule has 3 nitrogen and oxygen atoms in total. The Hall–Kier alpha value is -0.120. The van der Waals surface area contributed by atoms with Gasteiger partial charge in [0, 0.05) is 19.6 Å². The van der Waals surface area contributed by atoms with Crippen molar-refractivity contribution in [3.8, 4) is 0 Å². The van der Waals surface area contributed by atoms with Crippen LogP contribution in [-0.2, 0) is 0 Å². The molecule has 0 aliphatic carbocycles. The van der Waals surface area contributed by atoms with Gasteiger partial charge in [0.2, 0.25) is 0 Å². The first-order valence-corrected chi connectivity index (χ1v) is 3.64. The molecule has 62 valence electrons. The lowest BCUT2D eigenvalue weighted by Crippen LogP contribution is -2.32. The molecule has 0 saturated heterocycles. The predicted octanol–water partition coefficient (Wildman–Crippen LogP) is 0.601. The molecular weight excluding hydrogens is 128 g/mol. The maximum absolute atomic E-state index is 8.21. The van der Waals surface area contributed by atoms with Gasteiger partial charge >= 0.3 is 0 Å². The Balaban J connectivity index is 3.04. The Bertz CT molecular complexity index is 78.2. The third-order valence-electron chi connectivity index (χ3n) is 1.07. The Morgan fingerprint density at radius 2 is 1.80 bits per heavy atom. The van der Waals surface area contributed by atoms with E-state index < -0.39 is 0 Å². The lowest BCUT2D eigenvalue weighted by atomic mass is 9.97. The van der Waals surface area contributed by atoms with E-state index in [1.54, 1.807) is 0 Å². The topological polar surface area (TPSA) is 44.3 Å². The highest BCUT2D eigenvalue weighted by atomic mass is 16.5. The fourth-order valence-electron chi connectivity index (χ4n) is 0.608. The summed E-state index contributed by atoms with van der Waals surface area (Å²) in [4.78, 5) is 0. The van der Waals surface area contributed by atoms with Crippen LogP contribution in [0.1, 0.15) is 20.8 Å². The Kier molecular flexibility index (Phi) is 4.60. The van der Waals surface area contributed by atoms with Crippen molar-refractivity contribution in [2.45, 2.75) is 20.8 Å². The van der Waals surface area contributed by atoms with E-state index in [2.05, 4.69) is 31.6 Å². The van der Waals surface area contributed by atoms with Crippen LogP contribution in [0.15, 0.2) is 0 Å². The molecule has 0 aromatic heterocycles. The molecule has 0 radical (unpaired) electrons. The number of hydroxylamine groups is 1. The molecule has 3 N–H and O–H groups in total. The molecule has 0 aliphatic heterocycles. The molecule has 10 heavy (non-hydrogen) atoms. The van der Waals surface area contributed by atoms with Crippen LogP contribution in [-0.4, -0.2) is 24.8 Å². The highest BCUT2D eigenvalue weighted by molar-refractivity contribution is 4.64. The number of rotatable bonds is 4. The third kappa shape index (κ3) is 7.88. The van der Waals surface area contributed by atoms with Gasteiger partial charge in [-0.05, 0) is 5.41 Å². The highest BCUT2D eigenvalue weighted by Gasteiger charge is 2.07. The number of nitrogens with one attached hydrogen (secondary N) is 2. The van der Waals surface area contributed by atoms with Crippen molar-refractivity contribution in [3.63, 3.8) is 0 Å². The van der Waals surface area contributed by atoms with Crippen LogP contribution in [0, 0.1) is 5.41 Å². The number of hydrogen-bond donors (Lipinski definition) is 3. The van der Waals surface area contributed by atoms with Crippen LogP contribution >= 0.6 is 0 Å². The zero-order chi connectivity index (χ0) is 8.04. The first-order valence-electron chi connectivity index (χ1n) is 3.64. The summed E-state index contributed by atoms with van der Waals surface area (Å²) in [6.07, 6.45) is 0. The zero-order valence-corrected chi connectivity index (χ0v) is 7.07. The van der Waals surface area contributed by atoms with Crippen LogP contribution in [0.2, 0.25) is 0 Å². The second-order valence-corrected chi connectivity index (χ2v) is 3.65. The van der Waals surface area contributed by atoms with Gasteiger partial charge in [0.05, 0.1) is 0 Å². The summed E-state index contributed by atoms with van der Waals surface area (Å²) < 4.78 is 0. The lowest BCUT2D eigenvalue weighted by molar-refractivity contribution is 0.166. The van der Waals surface area contributed by atoms with Gasteiger partial charge in [0.1, 0.15) is 0 Å². The van der Waals surface area contributed by atoms with Crippen LogP contribution in [0.4, 0.5) is 0 Å². The zero-order valence-electron chi connectivity index (χ0n) is 7.07. The molecule has 0 fully saturated rings.